The molecule has 2 unspecified atom stereocenters. The summed E-state index contributed by atoms with van der Waals surface area (Å²) in [6.07, 6.45) is 4.73. The zero-order valence-electron chi connectivity index (χ0n) is 14.8. The summed E-state index contributed by atoms with van der Waals surface area (Å²) < 4.78 is 30.5. The lowest BCUT2D eigenvalue weighted by Gasteiger charge is -2.44. The molecule has 0 bridgehead atoms. The van der Waals surface area contributed by atoms with E-state index >= 15 is 0 Å². The molecule has 2 aliphatic heterocycles. The summed E-state index contributed by atoms with van der Waals surface area (Å²) in [5.41, 5.74) is 0.431. The summed E-state index contributed by atoms with van der Waals surface area (Å²) in [4.78, 5) is 24.5. The Morgan fingerprint density at radius 3 is 2.62 bits per heavy atom. The molecule has 2 aliphatic rings. The Kier molecular flexibility index (Phi) is 6.60. The first-order chi connectivity index (χ1) is 12.3. The lowest BCUT2D eigenvalue weighted by atomic mass is 9.98. The average molecular weight is 383 g/mol. The van der Waals surface area contributed by atoms with Crippen molar-refractivity contribution in [3.63, 3.8) is 0 Å². The van der Waals surface area contributed by atoms with Gasteiger partial charge in [-0.2, -0.15) is 0 Å². The summed E-state index contributed by atoms with van der Waals surface area (Å²) >= 11 is -2.48. The normalized spacial score (nSPS) is 27.8. The van der Waals surface area contributed by atoms with Crippen LogP contribution in [0.5, 0.6) is 0 Å². The second kappa shape index (κ2) is 8.50. The minimum Gasteiger partial charge on any atom is -0.755 e. The second-order valence-corrected chi connectivity index (χ2v) is 7.08. The monoisotopic (exact) mass is 383 g/mol. The van der Waals surface area contributed by atoms with Gasteiger partial charge in [0.05, 0.1) is 17.7 Å². The Labute approximate surface area is 155 Å². The summed E-state index contributed by atoms with van der Waals surface area (Å²) in [6.45, 7) is 7.49. The highest BCUT2D eigenvalue weighted by Crippen LogP contribution is 2.33. The molecule has 0 saturated carbocycles. The summed E-state index contributed by atoms with van der Waals surface area (Å²) in [6, 6.07) is -0.475. The molecule has 1 amide bonds. The van der Waals surface area contributed by atoms with E-state index in [9.17, 15) is 18.4 Å². The van der Waals surface area contributed by atoms with Gasteiger partial charge in [0.2, 0.25) is 5.91 Å². The van der Waals surface area contributed by atoms with Crippen LogP contribution in [0.25, 0.3) is 0 Å². The number of carbonyl (C=O) groups excluding carboxylic acids is 1. The van der Waals surface area contributed by atoms with E-state index in [2.05, 4.69) is 6.58 Å². The van der Waals surface area contributed by atoms with Crippen molar-refractivity contribution in [3.8, 4) is 0 Å². The maximum absolute atomic E-state index is 12.2. The van der Waals surface area contributed by atoms with Crippen molar-refractivity contribution in [1.29, 1.82) is 0 Å². The van der Waals surface area contributed by atoms with Gasteiger partial charge < -0.3 is 19.3 Å². The topological polar surface area (TPSA) is 110 Å². The Morgan fingerprint density at radius 1 is 1.46 bits per heavy atom. The highest BCUT2D eigenvalue weighted by molar-refractivity contribution is 7.76. The van der Waals surface area contributed by atoms with Crippen molar-refractivity contribution < 1.29 is 28.2 Å². The van der Waals surface area contributed by atoms with Crippen molar-refractivity contribution in [1.82, 2.24) is 9.21 Å². The van der Waals surface area contributed by atoms with Crippen LogP contribution in [0.15, 0.2) is 36.3 Å². The molecular weight excluding hydrogens is 360 g/mol. The number of carboxylic acids is 1. The molecule has 144 valence electrons. The predicted molar refractivity (Wildman–Crippen MR) is 94.1 cm³/mol. The molecule has 0 aromatic heterocycles. The third-order valence-electron chi connectivity index (χ3n) is 4.61. The van der Waals surface area contributed by atoms with Crippen LogP contribution in [-0.4, -0.2) is 60.2 Å². The average Bonchev–Trinajstić information content (AvgIpc) is 2.52. The van der Waals surface area contributed by atoms with E-state index in [0.717, 1.165) is 0 Å². The van der Waals surface area contributed by atoms with Crippen molar-refractivity contribution in [3.05, 3.63) is 36.3 Å². The first-order valence-corrected chi connectivity index (χ1v) is 9.38. The van der Waals surface area contributed by atoms with E-state index in [1.807, 2.05) is 0 Å². The van der Waals surface area contributed by atoms with Gasteiger partial charge in [0.15, 0.2) is 0 Å². The van der Waals surface area contributed by atoms with Crippen LogP contribution in [0, 0.1) is 5.92 Å². The lowest BCUT2D eigenvalue weighted by molar-refractivity contribution is -0.153. The van der Waals surface area contributed by atoms with Gasteiger partial charge in [0.1, 0.15) is 11.9 Å². The first kappa shape index (κ1) is 20.2. The van der Waals surface area contributed by atoms with E-state index < -0.39 is 35.3 Å². The third kappa shape index (κ3) is 4.16. The number of morpholine rings is 1. The van der Waals surface area contributed by atoms with Gasteiger partial charge in [0.25, 0.3) is 0 Å². The van der Waals surface area contributed by atoms with Crippen LogP contribution in [0.1, 0.15) is 26.7 Å². The number of likely N-dealkylation sites (tertiary alicyclic amines) is 1. The number of carbonyl (C=O) groups is 2. The Bertz CT molecular complexity index is 668. The summed E-state index contributed by atoms with van der Waals surface area (Å²) in [5.74, 6) is -1.16. The molecule has 0 aromatic rings. The van der Waals surface area contributed by atoms with Crippen molar-refractivity contribution in [2.24, 2.45) is 5.92 Å². The summed E-state index contributed by atoms with van der Waals surface area (Å²) in [7, 11) is 0. The van der Waals surface area contributed by atoms with Gasteiger partial charge in [-0.3, -0.25) is 18.1 Å². The van der Waals surface area contributed by atoms with Crippen molar-refractivity contribution in [2.75, 3.05) is 13.1 Å². The molecular formula is C17H23N2O6S-. The van der Waals surface area contributed by atoms with E-state index in [-0.39, 0.29) is 25.4 Å². The standard InChI is InChI=1S/C17H24N2O6S/c1-4-6-15-13(5-2)19(26(23)24)11(3)14(25-15)7-8-16(20)18-9-12(10-18)17(21)22/h4-6,11-12,14H,1,7-10H2,2-3H3,(H,21,22)(H,23,24)/p-1/b13-5+,15-6+/t11-,14?/m1/s1. The number of nitrogens with zero attached hydrogens (tertiary/aromatic N) is 2. The SMILES string of the molecule is C=C/C=C1/OC(CCC(=O)N2CC(C(=O)O)C2)[C@@H](C)N(S(=O)[O-])/C1=C/C. The zero-order chi connectivity index (χ0) is 19.4. The largest absolute Gasteiger partial charge is 0.755 e. The third-order valence-corrected chi connectivity index (χ3v) is 5.46. The van der Waals surface area contributed by atoms with Gasteiger partial charge in [0, 0.05) is 30.8 Å². The fourth-order valence-electron chi connectivity index (χ4n) is 3.08. The second-order valence-electron chi connectivity index (χ2n) is 6.25. The minimum atomic E-state index is -2.48. The Balaban J connectivity index is 2.03. The zero-order valence-corrected chi connectivity index (χ0v) is 15.6. The molecule has 2 rings (SSSR count). The smallest absolute Gasteiger partial charge is 0.310 e. The molecule has 8 nitrogen and oxygen atoms in total. The maximum atomic E-state index is 12.2. The molecule has 2 saturated heterocycles. The van der Waals surface area contributed by atoms with E-state index in [0.29, 0.717) is 17.9 Å². The first-order valence-electron chi connectivity index (χ1n) is 8.35. The van der Waals surface area contributed by atoms with Gasteiger partial charge in [-0.1, -0.05) is 18.7 Å². The molecule has 1 N–H and O–H groups in total. The van der Waals surface area contributed by atoms with Crippen LogP contribution in [0.4, 0.5) is 0 Å². The molecule has 0 aliphatic carbocycles. The Morgan fingerprint density at radius 2 is 2.12 bits per heavy atom. The molecule has 9 heteroatoms. The molecule has 26 heavy (non-hydrogen) atoms. The highest BCUT2D eigenvalue weighted by Gasteiger charge is 2.38. The fraction of sp³-hybridized carbons (Fsp3) is 0.529. The van der Waals surface area contributed by atoms with Crippen molar-refractivity contribution in [2.45, 2.75) is 38.8 Å². The number of allylic oxidation sites excluding steroid dienone is 3. The van der Waals surface area contributed by atoms with E-state index in [1.165, 1.54) is 15.3 Å². The molecule has 2 fully saturated rings. The Hall–Kier alpha value is -2.13. The molecule has 0 aromatic carbocycles. The van der Waals surface area contributed by atoms with E-state index in [1.54, 1.807) is 26.0 Å². The quantitative estimate of drug-likeness (QED) is 0.689. The lowest BCUT2D eigenvalue weighted by Crippen LogP contribution is -2.53. The van der Waals surface area contributed by atoms with Gasteiger partial charge in [-0.15, -0.1) is 0 Å². The molecule has 2 heterocycles. The van der Waals surface area contributed by atoms with Crippen LogP contribution in [-0.2, 0) is 25.6 Å². The van der Waals surface area contributed by atoms with Crippen LogP contribution >= 0.6 is 0 Å². The number of hydrogen-bond donors (Lipinski definition) is 1. The van der Waals surface area contributed by atoms with Crippen molar-refractivity contribution >= 4 is 23.1 Å². The molecule has 0 spiro atoms. The predicted octanol–water partition coefficient (Wildman–Crippen LogP) is 1.17. The molecule has 0 radical (unpaired) electrons. The minimum absolute atomic E-state index is 0.154. The maximum Gasteiger partial charge on any atom is 0.310 e. The van der Waals surface area contributed by atoms with Gasteiger partial charge in [-0.05, 0) is 26.3 Å². The number of aliphatic carboxylic acids is 1. The van der Waals surface area contributed by atoms with Crippen LogP contribution < -0.4 is 0 Å². The number of rotatable bonds is 6. The molecule has 3 atom stereocenters. The highest BCUT2D eigenvalue weighted by atomic mass is 32.2. The van der Waals surface area contributed by atoms with E-state index in [4.69, 9.17) is 9.84 Å². The summed E-state index contributed by atoms with van der Waals surface area (Å²) in [5, 5.41) is 8.87. The number of amides is 1. The van der Waals surface area contributed by atoms with Crippen LogP contribution in [0.2, 0.25) is 0 Å². The number of carboxylic acid groups (broad SMARTS) is 1. The van der Waals surface area contributed by atoms with Gasteiger partial charge in [-0.25, -0.2) is 0 Å². The fourth-order valence-corrected chi connectivity index (χ4v) is 3.84. The van der Waals surface area contributed by atoms with Gasteiger partial charge >= 0.3 is 5.97 Å². The van der Waals surface area contributed by atoms with Crippen LogP contribution in [0.3, 0.4) is 0 Å². The number of hydrogen-bond acceptors (Lipinski definition) is 5. The number of ether oxygens (including phenoxy) is 1.